The molecule has 0 bridgehead atoms. The van der Waals surface area contributed by atoms with Gasteiger partial charge in [-0.3, -0.25) is 4.79 Å². The van der Waals surface area contributed by atoms with Gasteiger partial charge in [-0.05, 0) is 50.2 Å². The third kappa shape index (κ3) is 6.31. The number of hydrogen-bond acceptors (Lipinski definition) is 5. The number of carbonyl (C=O) groups is 3. The summed E-state index contributed by atoms with van der Waals surface area (Å²) in [4.78, 5) is 36.2. The Morgan fingerprint density at radius 1 is 0.857 bits per heavy atom. The van der Waals surface area contributed by atoms with Crippen LogP contribution >= 0.6 is 0 Å². The minimum absolute atomic E-state index is 0.487. The van der Waals surface area contributed by atoms with E-state index in [1.807, 2.05) is 6.07 Å². The average Bonchev–Trinajstić information content (AvgIpc) is 2.69. The number of carbonyl (C=O) groups excluding carboxylic acids is 3. The lowest BCUT2D eigenvalue weighted by Gasteiger charge is -2.18. The van der Waals surface area contributed by atoms with Crippen LogP contribution in [-0.4, -0.2) is 37.2 Å². The molecule has 8 nitrogen and oxygen atoms in total. The Bertz CT molecular complexity index is 808. The number of ether oxygens (including phenoxy) is 2. The van der Waals surface area contributed by atoms with Crippen molar-refractivity contribution in [3.63, 3.8) is 0 Å². The molecule has 0 spiro atoms. The van der Waals surface area contributed by atoms with Gasteiger partial charge in [-0.2, -0.15) is 0 Å². The van der Waals surface area contributed by atoms with E-state index in [1.165, 1.54) is 13.8 Å². The predicted octanol–water partition coefficient (Wildman–Crippen LogP) is 2.78. The summed E-state index contributed by atoms with van der Waals surface area (Å²) in [5.74, 6) is -0.550. The van der Waals surface area contributed by atoms with Crippen molar-refractivity contribution in [2.75, 3.05) is 17.7 Å². The summed E-state index contributed by atoms with van der Waals surface area (Å²) in [5, 5.41) is 7.70. The van der Waals surface area contributed by atoms with E-state index in [0.29, 0.717) is 17.1 Å². The van der Waals surface area contributed by atoms with E-state index >= 15 is 0 Å². The summed E-state index contributed by atoms with van der Waals surface area (Å²) in [7, 11) is 1.55. The second-order valence-electron chi connectivity index (χ2n) is 5.98. The molecule has 0 radical (unpaired) electrons. The number of methoxy groups -OCH3 is 1. The van der Waals surface area contributed by atoms with E-state index < -0.39 is 30.1 Å². The van der Waals surface area contributed by atoms with Gasteiger partial charge in [-0.25, -0.2) is 9.59 Å². The first kappa shape index (κ1) is 20.8. The van der Waals surface area contributed by atoms with Crippen molar-refractivity contribution >= 4 is 29.3 Å². The van der Waals surface area contributed by atoms with Crippen molar-refractivity contribution in [1.29, 1.82) is 0 Å². The quantitative estimate of drug-likeness (QED) is 0.636. The molecule has 0 aliphatic carbocycles. The number of urea groups is 1. The highest BCUT2D eigenvalue weighted by Gasteiger charge is 2.23. The Balaban J connectivity index is 1.80. The molecule has 0 aliphatic heterocycles. The molecule has 0 aliphatic rings. The van der Waals surface area contributed by atoms with Crippen LogP contribution in [0, 0.1) is 0 Å². The largest absolute Gasteiger partial charge is 0.497 e. The molecular formula is C20H23N3O5. The van der Waals surface area contributed by atoms with Gasteiger partial charge in [0.1, 0.15) is 11.8 Å². The highest BCUT2D eigenvalue weighted by Crippen LogP contribution is 2.15. The SMILES string of the molecule is COc1ccc(NC(=O)[C@H](C)OC(=O)[C@H](C)NC(=O)Nc2ccccc2)cc1. The molecule has 148 valence electrons. The van der Waals surface area contributed by atoms with E-state index in [4.69, 9.17) is 9.47 Å². The molecular weight excluding hydrogens is 362 g/mol. The number of nitrogens with one attached hydrogen (secondary N) is 3. The maximum absolute atomic E-state index is 12.2. The van der Waals surface area contributed by atoms with Gasteiger partial charge >= 0.3 is 12.0 Å². The van der Waals surface area contributed by atoms with Crippen LogP contribution < -0.4 is 20.7 Å². The summed E-state index contributed by atoms with van der Waals surface area (Å²) in [6.07, 6.45) is -1.03. The lowest BCUT2D eigenvalue weighted by Crippen LogP contribution is -2.44. The highest BCUT2D eigenvalue weighted by atomic mass is 16.5. The summed E-state index contributed by atoms with van der Waals surface area (Å²) in [6.45, 7) is 2.93. The molecule has 0 unspecified atom stereocenters. The van der Waals surface area contributed by atoms with Crippen molar-refractivity contribution in [3.8, 4) is 5.75 Å². The van der Waals surface area contributed by atoms with Crippen molar-refractivity contribution in [2.45, 2.75) is 26.0 Å². The van der Waals surface area contributed by atoms with Crippen LogP contribution in [0.2, 0.25) is 0 Å². The Morgan fingerprint density at radius 3 is 2.07 bits per heavy atom. The van der Waals surface area contributed by atoms with Crippen LogP contribution in [0.4, 0.5) is 16.2 Å². The first-order valence-electron chi connectivity index (χ1n) is 8.67. The minimum atomic E-state index is -1.03. The predicted molar refractivity (Wildman–Crippen MR) is 105 cm³/mol. The van der Waals surface area contributed by atoms with Gasteiger partial charge in [0.15, 0.2) is 6.10 Å². The molecule has 2 rings (SSSR count). The molecule has 3 N–H and O–H groups in total. The summed E-state index contributed by atoms with van der Waals surface area (Å²) in [5.41, 5.74) is 1.13. The fourth-order valence-corrected chi connectivity index (χ4v) is 2.19. The number of rotatable bonds is 7. The van der Waals surface area contributed by atoms with Crippen molar-refractivity contribution in [1.82, 2.24) is 5.32 Å². The van der Waals surface area contributed by atoms with Crippen molar-refractivity contribution in [2.24, 2.45) is 0 Å². The number of esters is 1. The standard InChI is InChI=1S/C20H23N3O5/c1-13(21-20(26)23-15-7-5-4-6-8-15)19(25)28-14(2)18(24)22-16-9-11-17(27-3)12-10-16/h4-14H,1-3H3,(H,22,24)(H2,21,23,26)/t13-,14-/m0/s1. The zero-order chi connectivity index (χ0) is 20.5. The molecule has 0 aromatic heterocycles. The minimum Gasteiger partial charge on any atom is -0.497 e. The van der Waals surface area contributed by atoms with Crippen LogP contribution in [-0.2, 0) is 14.3 Å². The van der Waals surface area contributed by atoms with Gasteiger partial charge < -0.3 is 25.4 Å². The summed E-state index contributed by atoms with van der Waals surface area (Å²) >= 11 is 0. The average molecular weight is 385 g/mol. The van der Waals surface area contributed by atoms with E-state index in [2.05, 4.69) is 16.0 Å². The Morgan fingerprint density at radius 2 is 1.46 bits per heavy atom. The van der Waals surface area contributed by atoms with Crippen LogP contribution in [0.15, 0.2) is 54.6 Å². The molecule has 0 fully saturated rings. The van der Waals surface area contributed by atoms with E-state index in [1.54, 1.807) is 55.6 Å². The van der Waals surface area contributed by atoms with Crippen LogP contribution in [0.25, 0.3) is 0 Å². The number of benzene rings is 2. The Hall–Kier alpha value is -3.55. The summed E-state index contributed by atoms with van der Waals surface area (Å²) in [6, 6.07) is 14.1. The van der Waals surface area contributed by atoms with Crippen LogP contribution in [0.3, 0.4) is 0 Å². The topological polar surface area (TPSA) is 106 Å². The monoisotopic (exact) mass is 385 g/mol. The molecule has 0 saturated heterocycles. The second-order valence-corrected chi connectivity index (χ2v) is 5.98. The first-order valence-corrected chi connectivity index (χ1v) is 8.67. The smallest absolute Gasteiger partial charge is 0.329 e. The molecule has 2 aromatic carbocycles. The van der Waals surface area contributed by atoms with Gasteiger partial charge in [0.2, 0.25) is 0 Å². The third-order valence-electron chi connectivity index (χ3n) is 3.75. The molecule has 28 heavy (non-hydrogen) atoms. The fraction of sp³-hybridized carbons (Fsp3) is 0.250. The van der Waals surface area contributed by atoms with Crippen molar-refractivity contribution in [3.05, 3.63) is 54.6 Å². The van der Waals surface area contributed by atoms with Crippen LogP contribution in [0.1, 0.15) is 13.8 Å². The number of hydrogen-bond donors (Lipinski definition) is 3. The number of para-hydroxylation sites is 1. The van der Waals surface area contributed by atoms with Gasteiger partial charge in [-0.1, -0.05) is 18.2 Å². The van der Waals surface area contributed by atoms with E-state index in [0.717, 1.165) is 0 Å². The summed E-state index contributed by atoms with van der Waals surface area (Å²) < 4.78 is 10.2. The normalized spacial score (nSPS) is 12.2. The van der Waals surface area contributed by atoms with E-state index in [-0.39, 0.29) is 0 Å². The Labute approximate surface area is 163 Å². The number of amides is 3. The maximum Gasteiger partial charge on any atom is 0.329 e. The highest BCUT2D eigenvalue weighted by molar-refractivity contribution is 5.96. The van der Waals surface area contributed by atoms with Crippen molar-refractivity contribution < 1.29 is 23.9 Å². The first-order chi connectivity index (χ1) is 13.4. The molecule has 2 aromatic rings. The van der Waals surface area contributed by atoms with Gasteiger partial charge in [0.25, 0.3) is 5.91 Å². The maximum atomic E-state index is 12.2. The van der Waals surface area contributed by atoms with Gasteiger partial charge in [-0.15, -0.1) is 0 Å². The number of anilines is 2. The Kier molecular flexibility index (Phi) is 7.38. The molecule has 2 atom stereocenters. The van der Waals surface area contributed by atoms with Gasteiger partial charge in [0.05, 0.1) is 7.11 Å². The van der Waals surface area contributed by atoms with Gasteiger partial charge in [0, 0.05) is 11.4 Å². The molecule has 8 heteroatoms. The lowest BCUT2D eigenvalue weighted by atomic mass is 10.2. The zero-order valence-corrected chi connectivity index (χ0v) is 15.9. The lowest BCUT2D eigenvalue weighted by molar-refractivity contribution is -0.154. The van der Waals surface area contributed by atoms with E-state index in [9.17, 15) is 14.4 Å². The molecule has 3 amide bonds. The fourth-order valence-electron chi connectivity index (χ4n) is 2.19. The zero-order valence-electron chi connectivity index (χ0n) is 15.9. The molecule has 0 saturated carbocycles. The molecule has 0 heterocycles. The van der Waals surface area contributed by atoms with Crippen LogP contribution in [0.5, 0.6) is 5.75 Å². The second kappa shape index (κ2) is 9.96. The third-order valence-corrected chi connectivity index (χ3v) is 3.75.